The van der Waals surface area contributed by atoms with Crippen LogP contribution in [0.2, 0.25) is 0 Å². The summed E-state index contributed by atoms with van der Waals surface area (Å²) in [6.45, 7) is 5.53. The van der Waals surface area contributed by atoms with Crippen molar-refractivity contribution >= 4 is 5.69 Å². The third kappa shape index (κ3) is 8.61. The fourth-order valence-electron chi connectivity index (χ4n) is 4.12. The number of nitrogens with zero attached hydrogens (tertiary/aromatic N) is 1. The molecule has 0 saturated carbocycles. The fraction of sp³-hybridized carbons (Fsp3) is 0.586. The standard InChI is InChI=1S/C29H44N2O5/c1-6-8-10-12-14-16-35-26-18-22(28-24(33-4)20-23(32-3)21-25(28)34-5)19-27(29(26)31-30)36-17-15-13-11-9-7-2/h18-21,30H,6-17H2,1-5H3. The topological polar surface area (TPSA) is 82.4 Å². The highest BCUT2D eigenvalue weighted by molar-refractivity contribution is 5.83. The van der Waals surface area contributed by atoms with Gasteiger partial charge in [0.2, 0.25) is 0 Å². The third-order valence-electron chi connectivity index (χ3n) is 6.17. The van der Waals surface area contributed by atoms with Crippen LogP contribution in [0.3, 0.4) is 0 Å². The van der Waals surface area contributed by atoms with E-state index in [2.05, 4.69) is 19.0 Å². The number of nitrogens with one attached hydrogen (secondary N) is 1. The van der Waals surface area contributed by atoms with Gasteiger partial charge in [-0.05, 0) is 30.5 Å². The van der Waals surface area contributed by atoms with Crippen LogP contribution in [0.1, 0.15) is 78.1 Å². The number of hydrogen-bond acceptors (Lipinski definition) is 7. The van der Waals surface area contributed by atoms with Crippen molar-refractivity contribution in [1.29, 1.82) is 5.53 Å². The lowest BCUT2D eigenvalue weighted by molar-refractivity contribution is 0.291. The van der Waals surface area contributed by atoms with Crippen molar-refractivity contribution < 1.29 is 23.7 Å². The zero-order chi connectivity index (χ0) is 26.2. The molecule has 7 nitrogen and oxygen atoms in total. The van der Waals surface area contributed by atoms with Crippen LogP contribution in [-0.2, 0) is 0 Å². The molecule has 0 unspecified atom stereocenters. The van der Waals surface area contributed by atoms with Gasteiger partial charge in [0, 0.05) is 12.1 Å². The molecule has 1 N–H and O–H groups in total. The summed E-state index contributed by atoms with van der Waals surface area (Å²) in [5.74, 6) is 2.91. The molecule has 2 aromatic rings. The molecule has 0 aliphatic carbocycles. The van der Waals surface area contributed by atoms with Crippen molar-refractivity contribution in [2.75, 3.05) is 34.5 Å². The van der Waals surface area contributed by atoms with Crippen molar-refractivity contribution in [1.82, 2.24) is 0 Å². The quantitative estimate of drug-likeness (QED) is 0.154. The number of methoxy groups -OCH3 is 3. The molecule has 0 spiro atoms. The summed E-state index contributed by atoms with van der Waals surface area (Å²) < 4.78 is 29.1. The lowest BCUT2D eigenvalue weighted by Gasteiger charge is -2.19. The first-order valence-electron chi connectivity index (χ1n) is 13.2. The van der Waals surface area contributed by atoms with E-state index in [-0.39, 0.29) is 0 Å². The Balaban J connectivity index is 2.41. The van der Waals surface area contributed by atoms with Crippen molar-refractivity contribution in [3.63, 3.8) is 0 Å². The van der Waals surface area contributed by atoms with Gasteiger partial charge < -0.3 is 23.7 Å². The van der Waals surface area contributed by atoms with E-state index in [0.717, 1.165) is 36.8 Å². The molecule has 0 amide bonds. The molecule has 0 fully saturated rings. The van der Waals surface area contributed by atoms with E-state index in [9.17, 15) is 0 Å². The Hall–Kier alpha value is -2.96. The average Bonchev–Trinajstić information content (AvgIpc) is 2.91. The Labute approximate surface area is 216 Å². The highest BCUT2D eigenvalue weighted by atomic mass is 16.5. The average molecular weight is 501 g/mol. The van der Waals surface area contributed by atoms with Gasteiger partial charge in [-0.1, -0.05) is 65.2 Å². The second kappa shape index (κ2) is 16.7. The van der Waals surface area contributed by atoms with Crippen LogP contribution in [0.5, 0.6) is 28.7 Å². The van der Waals surface area contributed by atoms with Gasteiger partial charge in [0.05, 0.1) is 40.1 Å². The van der Waals surface area contributed by atoms with Crippen LogP contribution in [0.25, 0.3) is 11.1 Å². The van der Waals surface area contributed by atoms with Gasteiger partial charge in [0.25, 0.3) is 0 Å². The summed E-state index contributed by atoms with van der Waals surface area (Å²) in [7, 11) is 4.84. The van der Waals surface area contributed by atoms with Crippen molar-refractivity contribution in [3.05, 3.63) is 24.3 Å². The zero-order valence-corrected chi connectivity index (χ0v) is 22.8. The Kier molecular flexibility index (Phi) is 13.5. The van der Waals surface area contributed by atoms with Gasteiger partial charge in [-0.2, -0.15) is 5.11 Å². The van der Waals surface area contributed by atoms with Gasteiger partial charge in [0.1, 0.15) is 17.2 Å². The highest BCUT2D eigenvalue weighted by Crippen LogP contribution is 2.47. The van der Waals surface area contributed by atoms with E-state index >= 15 is 0 Å². The van der Waals surface area contributed by atoms with E-state index in [0.29, 0.717) is 47.6 Å². The highest BCUT2D eigenvalue weighted by Gasteiger charge is 2.21. The molecule has 0 aromatic heterocycles. The summed E-state index contributed by atoms with van der Waals surface area (Å²) in [6.07, 6.45) is 11.4. The van der Waals surface area contributed by atoms with Gasteiger partial charge in [-0.25, -0.2) is 5.53 Å². The maximum atomic E-state index is 7.85. The van der Waals surface area contributed by atoms with Crippen LogP contribution < -0.4 is 23.7 Å². The summed E-state index contributed by atoms with van der Waals surface area (Å²) in [6, 6.07) is 7.42. The predicted molar refractivity (Wildman–Crippen MR) is 145 cm³/mol. The minimum Gasteiger partial charge on any atom is -0.496 e. The fourth-order valence-corrected chi connectivity index (χ4v) is 4.12. The number of benzene rings is 2. The summed E-state index contributed by atoms with van der Waals surface area (Å²) >= 11 is 0. The van der Waals surface area contributed by atoms with Gasteiger partial charge in [-0.15, -0.1) is 0 Å². The molecule has 0 saturated heterocycles. The summed E-state index contributed by atoms with van der Waals surface area (Å²) in [4.78, 5) is 0. The van der Waals surface area contributed by atoms with Crippen LogP contribution in [0.4, 0.5) is 5.69 Å². The first-order valence-corrected chi connectivity index (χ1v) is 13.2. The van der Waals surface area contributed by atoms with Gasteiger partial charge >= 0.3 is 0 Å². The van der Waals surface area contributed by atoms with Crippen molar-refractivity contribution in [2.45, 2.75) is 78.1 Å². The van der Waals surface area contributed by atoms with E-state index in [1.165, 1.54) is 38.5 Å². The normalized spacial score (nSPS) is 10.7. The third-order valence-corrected chi connectivity index (χ3v) is 6.17. The van der Waals surface area contributed by atoms with E-state index in [1.807, 2.05) is 24.3 Å². The van der Waals surface area contributed by atoms with Crippen molar-refractivity contribution in [3.8, 4) is 39.9 Å². The molecule has 0 atom stereocenters. The molecule has 7 heteroatoms. The minimum atomic E-state index is 0.410. The zero-order valence-electron chi connectivity index (χ0n) is 22.8. The Bertz CT molecular complexity index is 870. The second-order valence-electron chi connectivity index (χ2n) is 8.87. The number of rotatable bonds is 19. The molecule has 0 aliphatic rings. The molecular weight excluding hydrogens is 456 g/mol. The number of unbranched alkanes of at least 4 members (excludes halogenated alkanes) is 8. The van der Waals surface area contributed by atoms with Crippen LogP contribution in [0.15, 0.2) is 29.4 Å². The maximum absolute atomic E-state index is 7.85. The molecule has 0 heterocycles. The monoisotopic (exact) mass is 500 g/mol. The first kappa shape index (κ1) is 29.3. The number of ether oxygens (including phenoxy) is 5. The molecule has 0 bridgehead atoms. The Morgan fingerprint density at radius 3 is 1.47 bits per heavy atom. The molecule has 200 valence electrons. The summed E-state index contributed by atoms with van der Waals surface area (Å²) in [5.41, 5.74) is 9.83. The molecule has 2 aromatic carbocycles. The van der Waals surface area contributed by atoms with Gasteiger partial charge in [0.15, 0.2) is 17.2 Å². The van der Waals surface area contributed by atoms with E-state index < -0.39 is 0 Å². The van der Waals surface area contributed by atoms with Crippen LogP contribution in [-0.4, -0.2) is 34.5 Å². The molecular formula is C29H44N2O5. The van der Waals surface area contributed by atoms with Crippen molar-refractivity contribution in [2.24, 2.45) is 5.11 Å². The molecule has 2 rings (SSSR count). The second-order valence-corrected chi connectivity index (χ2v) is 8.87. The predicted octanol–water partition coefficient (Wildman–Crippen LogP) is 8.74. The Morgan fingerprint density at radius 2 is 1.08 bits per heavy atom. The molecule has 0 radical (unpaired) electrons. The maximum Gasteiger partial charge on any atom is 0.169 e. The van der Waals surface area contributed by atoms with E-state index in [4.69, 9.17) is 29.2 Å². The van der Waals surface area contributed by atoms with Crippen LogP contribution in [0, 0.1) is 5.53 Å². The molecule has 0 aliphatic heterocycles. The SMILES string of the molecule is CCCCCCCOc1cc(-c2c(OC)cc(OC)cc2OC)cc(OCCCCCCC)c1N=N. The van der Waals surface area contributed by atoms with Crippen LogP contribution >= 0.6 is 0 Å². The lowest BCUT2D eigenvalue weighted by atomic mass is 10.0. The smallest absolute Gasteiger partial charge is 0.169 e. The largest absolute Gasteiger partial charge is 0.496 e. The van der Waals surface area contributed by atoms with Gasteiger partial charge in [-0.3, -0.25) is 0 Å². The first-order chi connectivity index (χ1) is 17.6. The molecule has 36 heavy (non-hydrogen) atoms. The van der Waals surface area contributed by atoms with E-state index in [1.54, 1.807) is 21.3 Å². The lowest BCUT2D eigenvalue weighted by Crippen LogP contribution is -2.02. The Morgan fingerprint density at radius 1 is 0.611 bits per heavy atom. The summed E-state index contributed by atoms with van der Waals surface area (Å²) in [5, 5.41) is 3.79. The number of hydrogen-bond donors (Lipinski definition) is 1. The minimum absolute atomic E-state index is 0.410.